The summed E-state index contributed by atoms with van der Waals surface area (Å²) in [6.45, 7) is 0. The van der Waals surface area contributed by atoms with E-state index in [-0.39, 0.29) is 11.3 Å². The average molecular weight is 195 g/mol. The van der Waals surface area contributed by atoms with E-state index in [0.29, 0.717) is 18.3 Å². The number of carbonyl (C=O) groups excluding carboxylic acids is 1. The van der Waals surface area contributed by atoms with E-state index in [1.807, 2.05) is 0 Å². The van der Waals surface area contributed by atoms with E-state index in [1.165, 1.54) is 6.42 Å². The summed E-state index contributed by atoms with van der Waals surface area (Å²) < 4.78 is 0. The molecule has 3 N–H and O–H groups in total. The van der Waals surface area contributed by atoms with Crippen LogP contribution in [0.5, 0.6) is 0 Å². The molecule has 0 spiro atoms. The Morgan fingerprint density at radius 2 is 1.79 bits per heavy atom. The maximum Gasteiger partial charge on any atom is 0.223 e. The third-order valence-corrected chi connectivity index (χ3v) is 4.55. The molecule has 4 rings (SSSR count). The number of hydrogen-bond donors (Lipinski definition) is 2. The summed E-state index contributed by atoms with van der Waals surface area (Å²) in [5.74, 6) is 0.924. The van der Waals surface area contributed by atoms with Crippen molar-refractivity contribution < 1.29 is 9.90 Å². The molecule has 4 saturated carbocycles. The molecule has 4 fully saturated rings. The van der Waals surface area contributed by atoms with Gasteiger partial charge in [0.15, 0.2) is 0 Å². The number of aliphatic hydroxyl groups is 1. The van der Waals surface area contributed by atoms with Crippen LogP contribution >= 0.6 is 0 Å². The first-order chi connectivity index (χ1) is 6.51. The first kappa shape index (κ1) is 8.72. The SMILES string of the molecule is NC(=O)C12C[C@H]3C[C@@H](CC(O)(C3)C1)C2. The van der Waals surface area contributed by atoms with Crippen LogP contribution in [0.15, 0.2) is 0 Å². The van der Waals surface area contributed by atoms with Gasteiger partial charge in [0.05, 0.1) is 11.0 Å². The summed E-state index contributed by atoms with van der Waals surface area (Å²) in [5, 5.41) is 10.3. The predicted molar refractivity (Wildman–Crippen MR) is 51.3 cm³/mol. The van der Waals surface area contributed by atoms with Gasteiger partial charge < -0.3 is 10.8 Å². The van der Waals surface area contributed by atoms with Crippen LogP contribution in [0.2, 0.25) is 0 Å². The molecule has 4 aliphatic carbocycles. The van der Waals surface area contributed by atoms with E-state index in [0.717, 1.165) is 25.7 Å². The van der Waals surface area contributed by atoms with Crippen LogP contribution < -0.4 is 5.73 Å². The number of nitrogens with two attached hydrogens (primary N) is 1. The first-order valence-corrected chi connectivity index (χ1v) is 5.54. The van der Waals surface area contributed by atoms with Gasteiger partial charge in [-0.05, 0) is 50.4 Å². The van der Waals surface area contributed by atoms with Gasteiger partial charge in [-0.3, -0.25) is 4.79 Å². The van der Waals surface area contributed by atoms with Crippen molar-refractivity contribution in [1.82, 2.24) is 0 Å². The normalized spacial score (nSPS) is 54.9. The van der Waals surface area contributed by atoms with Crippen LogP contribution in [0.1, 0.15) is 38.5 Å². The Morgan fingerprint density at radius 3 is 2.21 bits per heavy atom. The van der Waals surface area contributed by atoms with Crippen LogP contribution in [-0.2, 0) is 4.79 Å². The molecular weight excluding hydrogens is 178 g/mol. The largest absolute Gasteiger partial charge is 0.390 e. The quantitative estimate of drug-likeness (QED) is 0.650. The summed E-state index contributed by atoms with van der Waals surface area (Å²) in [6.07, 6.45) is 5.50. The van der Waals surface area contributed by atoms with Crippen molar-refractivity contribution in [3.8, 4) is 0 Å². The van der Waals surface area contributed by atoms with Crippen LogP contribution in [0.3, 0.4) is 0 Å². The second-order valence-corrected chi connectivity index (χ2v) is 5.83. The van der Waals surface area contributed by atoms with Gasteiger partial charge >= 0.3 is 0 Å². The topological polar surface area (TPSA) is 63.3 Å². The van der Waals surface area contributed by atoms with Crippen LogP contribution in [0, 0.1) is 17.3 Å². The van der Waals surface area contributed by atoms with E-state index in [9.17, 15) is 9.90 Å². The molecule has 0 aromatic rings. The molecule has 4 bridgehead atoms. The molecule has 0 aromatic heterocycles. The highest BCUT2D eigenvalue weighted by atomic mass is 16.3. The molecule has 3 nitrogen and oxygen atoms in total. The van der Waals surface area contributed by atoms with E-state index >= 15 is 0 Å². The second kappa shape index (κ2) is 2.32. The number of hydrogen-bond acceptors (Lipinski definition) is 2. The molecule has 0 saturated heterocycles. The van der Waals surface area contributed by atoms with Crippen LogP contribution in [-0.4, -0.2) is 16.6 Å². The van der Waals surface area contributed by atoms with E-state index in [2.05, 4.69) is 0 Å². The molecule has 78 valence electrons. The molecule has 1 amide bonds. The van der Waals surface area contributed by atoms with E-state index in [4.69, 9.17) is 5.73 Å². The van der Waals surface area contributed by atoms with E-state index < -0.39 is 5.60 Å². The third kappa shape index (κ3) is 0.991. The van der Waals surface area contributed by atoms with Gasteiger partial charge in [-0.15, -0.1) is 0 Å². The Labute approximate surface area is 83.7 Å². The van der Waals surface area contributed by atoms with Gasteiger partial charge in [0.1, 0.15) is 0 Å². The lowest BCUT2D eigenvalue weighted by Gasteiger charge is -2.58. The Morgan fingerprint density at radius 1 is 1.21 bits per heavy atom. The van der Waals surface area contributed by atoms with Gasteiger partial charge in [0.25, 0.3) is 0 Å². The van der Waals surface area contributed by atoms with Crippen molar-refractivity contribution in [2.45, 2.75) is 44.1 Å². The number of rotatable bonds is 1. The Bertz CT molecular complexity index is 286. The smallest absolute Gasteiger partial charge is 0.223 e. The fourth-order valence-corrected chi connectivity index (χ4v) is 4.50. The third-order valence-electron chi connectivity index (χ3n) is 4.55. The number of amides is 1. The fourth-order valence-electron chi connectivity index (χ4n) is 4.50. The average Bonchev–Trinajstić information content (AvgIpc) is 1.98. The summed E-state index contributed by atoms with van der Waals surface area (Å²) >= 11 is 0. The highest BCUT2D eigenvalue weighted by Gasteiger charge is 2.59. The lowest BCUT2D eigenvalue weighted by atomic mass is 9.48. The Balaban J connectivity index is 2.00. The van der Waals surface area contributed by atoms with Gasteiger partial charge in [0, 0.05) is 0 Å². The molecule has 14 heavy (non-hydrogen) atoms. The number of primary amides is 1. The minimum absolute atomic E-state index is 0.176. The molecule has 0 radical (unpaired) electrons. The minimum Gasteiger partial charge on any atom is -0.390 e. The van der Waals surface area contributed by atoms with Crippen LogP contribution in [0.4, 0.5) is 0 Å². The van der Waals surface area contributed by atoms with Crippen molar-refractivity contribution in [2.75, 3.05) is 0 Å². The zero-order valence-electron chi connectivity index (χ0n) is 8.33. The Kier molecular flexibility index (Phi) is 1.45. The Hall–Kier alpha value is -0.570. The van der Waals surface area contributed by atoms with Crippen molar-refractivity contribution in [1.29, 1.82) is 0 Å². The van der Waals surface area contributed by atoms with Crippen molar-refractivity contribution in [3.63, 3.8) is 0 Å². The zero-order valence-corrected chi connectivity index (χ0v) is 8.33. The highest BCUT2D eigenvalue weighted by Crippen LogP contribution is 2.61. The standard InChI is InChI=1S/C11H17NO2/c12-9(13)10-2-7-1-8(3-10)5-11(14,4-7)6-10/h7-8,14H,1-6H2,(H2,12,13)/t7-,8-,10?,11?/m1/s1. The van der Waals surface area contributed by atoms with Crippen molar-refractivity contribution in [2.24, 2.45) is 23.0 Å². The lowest BCUT2D eigenvalue weighted by molar-refractivity contribution is -0.175. The number of carbonyl (C=O) groups is 1. The van der Waals surface area contributed by atoms with Crippen LogP contribution in [0.25, 0.3) is 0 Å². The van der Waals surface area contributed by atoms with Crippen molar-refractivity contribution >= 4 is 5.91 Å². The van der Waals surface area contributed by atoms with E-state index in [1.54, 1.807) is 0 Å². The highest BCUT2D eigenvalue weighted by molar-refractivity contribution is 5.81. The molecular formula is C11H17NO2. The molecule has 0 heterocycles. The van der Waals surface area contributed by atoms with Gasteiger partial charge in [-0.25, -0.2) is 0 Å². The van der Waals surface area contributed by atoms with Gasteiger partial charge in [-0.2, -0.15) is 0 Å². The van der Waals surface area contributed by atoms with Crippen molar-refractivity contribution in [3.05, 3.63) is 0 Å². The summed E-state index contributed by atoms with van der Waals surface area (Å²) in [5.41, 5.74) is 4.60. The van der Waals surface area contributed by atoms with Gasteiger partial charge in [-0.1, -0.05) is 0 Å². The molecule has 0 unspecified atom stereocenters. The molecule has 0 aromatic carbocycles. The molecule has 3 heteroatoms. The lowest BCUT2D eigenvalue weighted by Crippen LogP contribution is -2.59. The summed E-state index contributed by atoms with van der Waals surface area (Å²) in [7, 11) is 0. The second-order valence-electron chi connectivity index (χ2n) is 5.83. The minimum atomic E-state index is -0.556. The monoisotopic (exact) mass is 195 g/mol. The molecule has 2 atom stereocenters. The molecule has 0 aliphatic heterocycles. The zero-order chi connectivity index (χ0) is 9.97. The van der Waals surface area contributed by atoms with Gasteiger partial charge in [0.2, 0.25) is 5.91 Å². The summed E-state index contributed by atoms with van der Waals surface area (Å²) in [6, 6.07) is 0. The fraction of sp³-hybridized carbons (Fsp3) is 0.909. The predicted octanol–water partition coefficient (Wildman–Crippen LogP) is 0.803. The summed E-state index contributed by atoms with van der Waals surface area (Å²) in [4.78, 5) is 11.5. The maximum atomic E-state index is 11.5. The first-order valence-electron chi connectivity index (χ1n) is 5.54. The maximum absolute atomic E-state index is 11.5. The molecule has 4 aliphatic rings.